The fourth-order valence-electron chi connectivity index (χ4n) is 5.83. The van der Waals surface area contributed by atoms with Crippen molar-refractivity contribution < 1.29 is 76.6 Å². The number of esters is 4. The van der Waals surface area contributed by atoms with Gasteiger partial charge in [0, 0.05) is 45.4 Å². The molecule has 3 heterocycles. The van der Waals surface area contributed by atoms with Crippen LogP contribution >= 0.6 is 0 Å². The van der Waals surface area contributed by atoms with Gasteiger partial charge in [-0.15, -0.1) is 0 Å². The molecule has 0 unspecified atom stereocenters. The number of fused-ring (bicyclic) bond motifs is 1. The first-order valence-corrected chi connectivity index (χ1v) is 15.8. The topological polar surface area (TPSA) is 224 Å². The van der Waals surface area contributed by atoms with E-state index < -0.39 is 103 Å². The lowest BCUT2D eigenvalue weighted by atomic mass is 9.95. The van der Waals surface area contributed by atoms with Crippen LogP contribution in [-0.2, 0) is 61.8 Å². The standard InChI is InChI=1S/C33H37NO17/c1-16(35)42-14-23-27(44-17(2)36)29(45-18(3)37)30(46-19(4)38)33(49-23)51-28-25(39)32(47-22-12-10-21(11-13-22)34(40)41)48-24-15-43-31(50-26(24)28)20-8-6-5-7-9-20/h5-13,23-33,39H,14-15H2,1-4H3/t23-,24-,25-,26-,27-,28-,29+,30-,31-,32-,33+/m1/s1. The fourth-order valence-corrected chi connectivity index (χ4v) is 5.83. The van der Waals surface area contributed by atoms with Gasteiger partial charge >= 0.3 is 23.9 Å². The smallest absolute Gasteiger partial charge is 0.303 e. The molecule has 5 rings (SSSR count). The molecule has 51 heavy (non-hydrogen) atoms. The first kappa shape index (κ1) is 37.5. The third-order valence-corrected chi connectivity index (χ3v) is 7.92. The number of benzene rings is 2. The van der Waals surface area contributed by atoms with Gasteiger partial charge in [0.1, 0.15) is 42.9 Å². The van der Waals surface area contributed by atoms with Crippen LogP contribution in [0.25, 0.3) is 0 Å². The Labute approximate surface area is 290 Å². The number of nitrogens with zero attached hydrogens (tertiary/aromatic N) is 1. The van der Waals surface area contributed by atoms with Crippen LogP contribution in [0.4, 0.5) is 5.69 Å². The Morgan fingerprint density at radius 1 is 0.784 bits per heavy atom. The molecule has 11 atom stereocenters. The molecule has 0 aliphatic carbocycles. The molecule has 0 spiro atoms. The number of ether oxygens (including phenoxy) is 10. The summed E-state index contributed by atoms with van der Waals surface area (Å²) in [4.78, 5) is 59.2. The van der Waals surface area contributed by atoms with Crippen molar-refractivity contribution >= 4 is 29.6 Å². The lowest BCUT2D eigenvalue weighted by molar-refractivity contribution is -0.386. The second-order valence-electron chi connectivity index (χ2n) is 11.7. The minimum absolute atomic E-state index is 0.0739. The number of carbonyl (C=O) groups is 4. The molecule has 3 fully saturated rings. The Bertz CT molecular complexity index is 1550. The Kier molecular flexibility index (Phi) is 12.2. The summed E-state index contributed by atoms with van der Waals surface area (Å²) >= 11 is 0. The van der Waals surface area contributed by atoms with Gasteiger partial charge in [0.05, 0.1) is 11.5 Å². The maximum Gasteiger partial charge on any atom is 0.303 e. The number of aliphatic hydroxyl groups excluding tert-OH is 1. The normalized spacial score (nSPS) is 31.7. The highest BCUT2D eigenvalue weighted by Crippen LogP contribution is 2.39. The second-order valence-corrected chi connectivity index (χ2v) is 11.7. The van der Waals surface area contributed by atoms with Crippen molar-refractivity contribution in [2.45, 2.75) is 95.4 Å². The quantitative estimate of drug-likeness (QED) is 0.151. The minimum atomic E-state index is -1.68. The summed E-state index contributed by atoms with van der Waals surface area (Å²) in [7, 11) is 0. The van der Waals surface area contributed by atoms with E-state index in [0.717, 1.165) is 27.7 Å². The lowest BCUT2D eigenvalue weighted by Crippen LogP contribution is -2.67. The molecule has 0 radical (unpaired) electrons. The SMILES string of the molecule is CC(=O)OC[C@H]1O[C@@H](O[C@@H]2[C@@H](O)[C@H](Oc3ccc([N+](=O)[O-])cc3)O[C@@H]3CO[C@@H](c4ccccc4)O[C@@H]23)[C@H](OC(C)=O)[C@@H](OC(C)=O)[C@@H]1OC(C)=O. The van der Waals surface area contributed by atoms with Crippen LogP contribution in [0.3, 0.4) is 0 Å². The largest absolute Gasteiger partial charge is 0.463 e. The molecular formula is C33H37NO17. The third kappa shape index (κ3) is 9.34. The summed E-state index contributed by atoms with van der Waals surface area (Å²) in [5, 5.41) is 22.9. The van der Waals surface area contributed by atoms with Gasteiger partial charge < -0.3 is 52.5 Å². The van der Waals surface area contributed by atoms with Gasteiger partial charge in [-0.05, 0) is 12.1 Å². The molecule has 18 nitrogen and oxygen atoms in total. The van der Waals surface area contributed by atoms with Crippen LogP contribution in [0.15, 0.2) is 54.6 Å². The molecule has 0 saturated carbocycles. The maximum atomic E-state index is 12.4. The van der Waals surface area contributed by atoms with E-state index in [1.165, 1.54) is 24.3 Å². The van der Waals surface area contributed by atoms with Crippen molar-refractivity contribution in [1.29, 1.82) is 0 Å². The second kappa shape index (κ2) is 16.5. The zero-order valence-electron chi connectivity index (χ0n) is 27.9. The summed E-state index contributed by atoms with van der Waals surface area (Å²) < 4.78 is 58.3. The van der Waals surface area contributed by atoms with Gasteiger partial charge in [-0.1, -0.05) is 30.3 Å². The monoisotopic (exact) mass is 719 g/mol. The van der Waals surface area contributed by atoms with E-state index in [2.05, 4.69) is 0 Å². The van der Waals surface area contributed by atoms with Crippen LogP contribution in [0.5, 0.6) is 5.75 Å². The lowest BCUT2D eigenvalue weighted by Gasteiger charge is -2.50. The van der Waals surface area contributed by atoms with E-state index in [4.69, 9.17) is 47.4 Å². The number of aliphatic hydroxyl groups is 1. The van der Waals surface area contributed by atoms with Crippen molar-refractivity contribution in [2.24, 2.45) is 0 Å². The first-order valence-electron chi connectivity index (χ1n) is 15.8. The van der Waals surface area contributed by atoms with Crippen LogP contribution in [0.2, 0.25) is 0 Å². The molecule has 0 amide bonds. The fraction of sp³-hybridized carbons (Fsp3) is 0.515. The number of non-ortho nitro benzene ring substituents is 1. The number of rotatable bonds is 11. The number of hydrogen-bond acceptors (Lipinski definition) is 17. The molecular weight excluding hydrogens is 682 g/mol. The average Bonchev–Trinajstić information content (AvgIpc) is 3.08. The zero-order chi connectivity index (χ0) is 36.8. The van der Waals surface area contributed by atoms with Crippen molar-refractivity contribution in [3.05, 3.63) is 70.3 Å². The van der Waals surface area contributed by atoms with E-state index in [9.17, 15) is 34.4 Å². The Morgan fingerprint density at radius 2 is 1.41 bits per heavy atom. The van der Waals surface area contributed by atoms with Crippen LogP contribution < -0.4 is 4.74 Å². The van der Waals surface area contributed by atoms with Crippen molar-refractivity contribution in [2.75, 3.05) is 13.2 Å². The van der Waals surface area contributed by atoms with E-state index >= 15 is 0 Å². The number of carbonyl (C=O) groups excluding carboxylic acids is 4. The zero-order valence-corrected chi connectivity index (χ0v) is 27.9. The molecule has 0 aromatic heterocycles. The van der Waals surface area contributed by atoms with E-state index in [1.807, 2.05) is 0 Å². The van der Waals surface area contributed by atoms with Gasteiger partial charge in [-0.2, -0.15) is 0 Å². The first-order chi connectivity index (χ1) is 24.3. The van der Waals surface area contributed by atoms with E-state index in [-0.39, 0.29) is 18.0 Å². The summed E-state index contributed by atoms with van der Waals surface area (Å²) in [6, 6.07) is 13.9. The summed E-state index contributed by atoms with van der Waals surface area (Å²) in [5.74, 6) is -3.12. The van der Waals surface area contributed by atoms with Crippen molar-refractivity contribution in [3.8, 4) is 5.75 Å². The predicted octanol–water partition coefficient (Wildman–Crippen LogP) is 1.64. The van der Waals surface area contributed by atoms with Gasteiger partial charge in [0.2, 0.25) is 6.29 Å². The summed E-state index contributed by atoms with van der Waals surface area (Å²) in [6.45, 7) is 3.80. The Morgan fingerprint density at radius 3 is 2.02 bits per heavy atom. The van der Waals surface area contributed by atoms with Crippen molar-refractivity contribution in [1.82, 2.24) is 0 Å². The van der Waals surface area contributed by atoms with Crippen LogP contribution in [-0.4, -0.2) is 109 Å². The van der Waals surface area contributed by atoms with Gasteiger partial charge in [0.25, 0.3) is 5.69 Å². The molecule has 2 aromatic carbocycles. The highest BCUT2D eigenvalue weighted by Gasteiger charge is 2.57. The number of nitro benzene ring substituents is 1. The van der Waals surface area contributed by atoms with Crippen LogP contribution in [0.1, 0.15) is 39.5 Å². The molecule has 3 aliphatic rings. The number of nitro groups is 1. The van der Waals surface area contributed by atoms with Gasteiger partial charge in [0.15, 0.2) is 30.9 Å². The summed E-state index contributed by atoms with van der Waals surface area (Å²) in [6.07, 6.45) is -15.1. The Hall–Kier alpha value is -4.72. The average molecular weight is 720 g/mol. The Balaban J connectivity index is 1.51. The number of hydrogen-bond donors (Lipinski definition) is 1. The summed E-state index contributed by atoms with van der Waals surface area (Å²) in [5.41, 5.74) is 0.444. The minimum Gasteiger partial charge on any atom is -0.463 e. The molecule has 3 aliphatic heterocycles. The van der Waals surface area contributed by atoms with Gasteiger partial charge in [-0.25, -0.2) is 0 Å². The van der Waals surface area contributed by atoms with Crippen LogP contribution in [0, 0.1) is 10.1 Å². The molecule has 0 bridgehead atoms. The molecule has 18 heteroatoms. The predicted molar refractivity (Wildman–Crippen MR) is 165 cm³/mol. The third-order valence-electron chi connectivity index (χ3n) is 7.92. The molecule has 3 saturated heterocycles. The maximum absolute atomic E-state index is 12.4. The van der Waals surface area contributed by atoms with E-state index in [1.54, 1.807) is 30.3 Å². The van der Waals surface area contributed by atoms with Gasteiger partial charge in [-0.3, -0.25) is 29.3 Å². The molecule has 2 aromatic rings. The van der Waals surface area contributed by atoms with E-state index in [0.29, 0.717) is 5.56 Å². The molecule has 1 N–H and O–H groups in total. The highest BCUT2D eigenvalue weighted by molar-refractivity contribution is 5.68. The molecule has 276 valence electrons. The highest BCUT2D eigenvalue weighted by atomic mass is 16.8. The van der Waals surface area contributed by atoms with Crippen molar-refractivity contribution in [3.63, 3.8) is 0 Å².